The third-order valence-electron chi connectivity index (χ3n) is 5.10. The standard InChI is InChI=1S/C25H31ClN4OS/c1-18(2)16-22(24(31)28-15-7-6-14-27)30-23(19-10-12-20(26)13-11-19)17-32-25(30)29-21-8-4-3-5-9-21/h3-5,8-13,17-18,22H,6-7,14-16,27H2,1-2H3,(H,28,31)/t22-/m1/s1. The quantitative estimate of drug-likeness (QED) is 0.381. The van der Waals surface area contributed by atoms with Crippen LogP contribution in [0, 0.1) is 5.92 Å². The molecule has 0 radical (unpaired) electrons. The highest BCUT2D eigenvalue weighted by molar-refractivity contribution is 7.07. The van der Waals surface area contributed by atoms with Gasteiger partial charge in [-0.1, -0.05) is 55.8 Å². The summed E-state index contributed by atoms with van der Waals surface area (Å²) in [7, 11) is 0. The summed E-state index contributed by atoms with van der Waals surface area (Å²) in [5.74, 6) is 0.351. The van der Waals surface area contributed by atoms with Crippen molar-refractivity contribution in [1.29, 1.82) is 0 Å². The Morgan fingerprint density at radius 3 is 2.50 bits per heavy atom. The van der Waals surface area contributed by atoms with Crippen molar-refractivity contribution in [3.63, 3.8) is 0 Å². The minimum Gasteiger partial charge on any atom is -0.354 e. The molecule has 0 fully saturated rings. The van der Waals surface area contributed by atoms with E-state index in [0.29, 0.717) is 30.5 Å². The second kappa shape index (κ2) is 12.0. The maximum Gasteiger partial charge on any atom is 0.243 e. The van der Waals surface area contributed by atoms with Crippen LogP contribution in [0.4, 0.5) is 5.69 Å². The number of hydrogen-bond donors (Lipinski definition) is 2. The summed E-state index contributed by atoms with van der Waals surface area (Å²) in [6.07, 6.45) is 2.48. The minimum absolute atomic E-state index is 0.0128. The predicted octanol–water partition coefficient (Wildman–Crippen LogP) is 5.54. The number of carbonyl (C=O) groups excluding carboxylic acids is 1. The van der Waals surface area contributed by atoms with Crippen molar-refractivity contribution in [2.45, 2.75) is 39.2 Å². The molecule has 32 heavy (non-hydrogen) atoms. The molecule has 1 atom stereocenters. The summed E-state index contributed by atoms with van der Waals surface area (Å²) in [5, 5.41) is 5.87. The van der Waals surface area contributed by atoms with E-state index >= 15 is 0 Å². The lowest BCUT2D eigenvalue weighted by Gasteiger charge is -2.23. The molecule has 0 saturated carbocycles. The third-order valence-corrected chi connectivity index (χ3v) is 6.19. The van der Waals surface area contributed by atoms with Crippen LogP contribution in [0.2, 0.25) is 5.02 Å². The van der Waals surface area contributed by atoms with Gasteiger partial charge in [0.2, 0.25) is 5.91 Å². The number of hydrogen-bond acceptors (Lipinski definition) is 4. The fourth-order valence-corrected chi connectivity index (χ4v) is 4.61. The SMILES string of the molecule is CC(C)C[C@H](C(=O)NCCCCN)n1c(-c2ccc(Cl)cc2)csc1=Nc1ccccc1. The van der Waals surface area contributed by atoms with Crippen molar-refractivity contribution in [3.8, 4) is 11.3 Å². The molecule has 0 aliphatic heterocycles. The monoisotopic (exact) mass is 470 g/mol. The van der Waals surface area contributed by atoms with E-state index in [1.54, 1.807) is 11.3 Å². The summed E-state index contributed by atoms with van der Waals surface area (Å²) >= 11 is 7.66. The third kappa shape index (κ3) is 6.55. The van der Waals surface area contributed by atoms with Crippen molar-refractivity contribution in [1.82, 2.24) is 9.88 Å². The highest BCUT2D eigenvalue weighted by Gasteiger charge is 2.25. The number of carbonyl (C=O) groups is 1. The molecular formula is C25H31ClN4OS. The zero-order valence-corrected chi connectivity index (χ0v) is 20.2. The van der Waals surface area contributed by atoms with E-state index in [4.69, 9.17) is 22.3 Å². The lowest BCUT2D eigenvalue weighted by atomic mass is 10.0. The van der Waals surface area contributed by atoms with Gasteiger partial charge in [-0.2, -0.15) is 0 Å². The smallest absolute Gasteiger partial charge is 0.243 e. The molecule has 7 heteroatoms. The highest BCUT2D eigenvalue weighted by Crippen LogP contribution is 2.28. The van der Waals surface area contributed by atoms with Gasteiger partial charge in [-0.3, -0.25) is 4.79 Å². The number of nitrogens with zero attached hydrogens (tertiary/aromatic N) is 2. The van der Waals surface area contributed by atoms with Gasteiger partial charge in [-0.15, -0.1) is 11.3 Å². The first-order chi connectivity index (χ1) is 15.5. The minimum atomic E-state index is -0.368. The van der Waals surface area contributed by atoms with E-state index in [2.05, 4.69) is 29.1 Å². The predicted molar refractivity (Wildman–Crippen MR) is 134 cm³/mol. The summed E-state index contributed by atoms with van der Waals surface area (Å²) in [6.45, 7) is 5.53. The maximum absolute atomic E-state index is 13.4. The first kappa shape index (κ1) is 24.2. The normalized spacial score (nSPS) is 12.8. The Kier molecular flexibility index (Phi) is 9.09. The summed E-state index contributed by atoms with van der Waals surface area (Å²) in [4.78, 5) is 19.0. The Bertz CT molecular complexity index is 1060. The fraction of sp³-hybridized carbons (Fsp3) is 0.360. The zero-order valence-electron chi connectivity index (χ0n) is 18.6. The first-order valence-electron chi connectivity index (χ1n) is 11.0. The Hall–Kier alpha value is -2.41. The van der Waals surface area contributed by atoms with Crippen LogP contribution < -0.4 is 15.9 Å². The number of thiazole rings is 1. The first-order valence-corrected chi connectivity index (χ1v) is 12.3. The van der Waals surface area contributed by atoms with Gasteiger partial charge in [0.1, 0.15) is 6.04 Å². The van der Waals surface area contributed by atoms with Crippen LogP contribution in [0.15, 0.2) is 65.0 Å². The number of nitrogens with one attached hydrogen (secondary N) is 1. The Balaban J connectivity index is 2.09. The van der Waals surface area contributed by atoms with Crippen molar-refractivity contribution in [2.75, 3.05) is 13.1 Å². The van der Waals surface area contributed by atoms with Gasteiger partial charge in [0, 0.05) is 16.9 Å². The van der Waals surface area contributed by atoms with E-state index in [-0.39, 0.29) is 11.9 Å². The Labute approximate surface area is 199 Å². The number of amides is 1. The molecule has 3 rings (SSSR count). The van der Waals surface area contributed by atoms with Gasteiger partial charge < -0.3 is 15.6 Å². The van der Waals surface area contributed by atoms with Gasteiger partial charge in [0.25, 0.3) is 0 Å². The molecule has 2 aromatic carbocycles. The maximum atomic E-state index is 13.4. The van der Waals surface area contributed by atoms with Crippen molar-refractivity contribution in [3.05, 3.63) is 69.8 Å². The topological polar surface area (TPSA) is 72.4 Å². The van der Waals surface area contributed by atoms with Gasteiger partial charge in [0.15, 0.2) is 4.80 Å². The molecule has 1 amide bonds. The van der Waals surface area contributed by atoms with Crippen molar-refractivity contribution >= 4 is 34.5 Å². The van der Waals surface area contributed by atoms with Crippen LogP contribution in [0.1, 0.15) is 39.2 Å². The molecule has 1 aromatic heterocycles. The molecule has 170 valence electrons. The second-order valence-electron chi connectivity index (χ2n) is 8.16. The lowest BCUT2D eigenvalue weighted by molar-refractivity contribution is -0.124. The lowest BCUT2D eigenvalue weighted by Crippen LogP contribution is -2.37. The number of para-hydroxylation sites is 1. The number of unbranched alkanes of at least 4 members (excludes halogenated alkanes) is 1. The number of benzene rings is 2. The summed E-state index contributed by atoms with van der Waals surface area (Å²) in [5.41, 5.74) is 8.42. The van der Waals surface area contributed by atoms with Gasteiger partial charge >= 0.3 is 0 Å². The molecular weight excluding hydrogens is 440 g/mol. The molecule has 0 aliphatic carbocycles. The number of aromatic nitrogens is 1. The molecule has 3 N–H and O–H groups in total. The van der Waals surface area contributed by atoms with E-state index in [1.165, 1.54) is 0 Å². The van der Waals surface area contributed by atoms with Gasteiger partial charge in [-0.05, 0) is 61.6 Å². The Morgan fingerprint density at radius 1 is 1.12 bits per heavy atom. The molecule has 0 spiro atoms. The van der Waals surface area contributed by atoms with Crippen molar-refractivity contribution in [2.24, 2.45) is 16.6 Å². The molecule has 0 unspecified atom stereocenters. The number of rotatable bonds is 10. The van der Waals surface area contributed by atoms with E-state index in [1.807, 2.05) is 54.6 Å². The van der Waals surface area contributed by atoms with Gasteiger partial charge in [-0.25, -0.2) is 4.99 Å². The van der Waals surface area contributed by atoms with E-state index in [0.717, 1.165) is 34.6 Å². The van der Waals surface area contributed by atoms with Crippen LogP contribution in [0.5, 0.6) is 0 Å². The van der Waals surface area contributed by atoms with Crippen LogP contribution in [-0.4, -0.2) is 23.6 Å². The molecule has 0 aliphatic rings. The largest absolute Gasteiger partial charge is 0.354 e. The Morgan fingerprint density at radius 2 is 1.84 bits per heavy atom. The fourth-order valence-electron chi connectivity index (χ4n) is 3.52. The van der Waals surface area contributed by atoms with Gasteiger partial charge in [0.05, 0.1) is 11.4 Å². The average molecular weight is 471 g/mol. The molecule has 1 heterocycles. The number of halogens is 1. The highest BCUT2D eigenvalue weighted by atomic mass is 35.5. The molecule has 3 aromatic rings. The molecule has 5 nitrogen and oxygen atoms in total. The van der Waals surface area contributed by atoms with Crippen LogP contribution in [-0.2, 0) is 4.79 Å². The molecule has 0 saturated heterocycles. The molecule has 0 bridgehead atoms. The number of nitrogens with two attached hydrogens (primary N) is 1. The van der Waals surface area contributed by atoms with E-state index < -0.39 is 0 Å². The summed E-state index contributed by atoms with van der Waals surface area (Å²) in [6, 6.07) is 17.2. The zero-order chi connectivity index (χ0) is 22.9. The van der Waals surface area contributed by atoms with Crippen LogP contribution >= 0.6 is 22.9 Å². The van der Waals surface area contributed by atoms with Crippen molar-refractivity contribution < 1.29 is 4.79 Å². The van der Waals surface area contributed by atoms with Crippen LogP contribution in [0.3, 0.4) is 0 Å². The van der Waals surface area contributed by atoms with Crippen LogP contribution in [0.25, 0.3) is 11.3 Å². The van der Waals surface area contributed by atoms with E-state index in [9.17, 15) is 4.79 Å². The average Bonchev–Trinajstić information content (AvgIpc) is 3.19. The summed E-state index contributed by atoms with van der Waals surface area (Å²) < 4.78 is 2.08. The second-order valence-corrected chi connectivity index (χ2v) is 9.43.